The molecule has 2 aromatic carbocycles. The maximum Gasteiger partial charge on any atom is 0.252 e. The second kappa shape index (κ2) is 10.7. The summed E-state index contributed by atoms with van der Waals surface area (Å²) in [6.07, 6.45) is 3.33. The quantitative estimate of drug-likeness (QED) is 0.534. The molecule has 33 heavy (non-hydrogen) atoms. The van der Waals surface area contributed by atoms with Crippen molar-refractivity contribution in [3.63, 3.8) is 0 Å². The number of aliphatic imine (C=N–C) groups is 1. The van der Waals surface area contributed by atoms with E-state index in [1.54, 1.807) is 19.5 Å². The first-order chi connectivity index (χ1) is 15.8. The molecule has 0 bridgehead atoms. The lowest BCUT2D eigenvalue weighted by Crippen LogP contribution is -2.57. The Hall–Kier alpha value is -3.12. The van der Waals surface area contributed by atoms with Crippen LogP contribution in [0.15, 0.2) is 47.6 Å². The number of nitrogens with zero attached hydrogens (tertiary/aromatic N) is 2. The summed E-state index contributed by atoms with van der Waals surface area (Å²) in [5.41, 5.74) is 12.7. The monoisotopic (exact) mass is 447 g/mol. The number of anilines is 1. The van der Waals surface area contributed by atoms with Crippen LogP contribution in [0, 0.1) is 6.92 Å². The van der Waals surface area contributed by atoms with E-state index in [4.69, 9.17) is 5.73 Å². The van der Waals surface area contributed by atoms with Crippen LogP contribution in [-0.4, -0.2) is 45.3 Å². The van der Waals surface area contributed by atoms with Crippen molar-refractivity contribution in [2.75, 3.05) is 32.1 Å². The molecule has 1 aliphatic heterocycles. The molecule has 0 unspecified atom stereocenters. The van der Waals surface area contributed by atoms with Gasteiger partial charge in [-0.3, -0.25) is 9.79 Å². The lowest BCUT2D eigenvalue weighted by atomic mass is 9.92. The molecule has 4 N–H and O–H groups in total. The molecule has 1 fully saturated rings. The fourth-order valence-corrected chi connectivity index (χ4v) is 4.06. The standard InChI is InChI=1S/C27H37N5O/c1-17(2)20-9-21(11-22(10-20)23(13-28)14-29-5)19(4)31-27(33)26-12-25(8-7-18(26)3)32-15-24(16-32)30-6/h7-14,17,19,24,30H,15-16,28H2,1-6H3,(H,31,33)/b23-13+,29-14?/t19-/m1/s1. The number of aryl methyl sites for hydroxylation is 1. The van der Waals surface area contributed by atoms with Crippen molar-refractivity contribution in [2.45, 2.75) is 45.7 Å². The highest BCUT2D eigenvalue weighted by Crippen LogP contribution is 2.27. The summed E-state index contributed by atoms with van der Waals surface area (Å²) in [7, 11) is 3.72. The van der Waals surface area contributed by atoms with Gasteiger partial charge in [0.2, 0.25) is 0 Å². The molecule has 2 aromatic rings. The number of rotatable bonds is 8. The maximum absolute atomic E-state index is 13.3. The van der Waals surface area contributed by atoms with Gasteiger partial charge in [0.05, 0.1) is 6.04 Å². The number of hydrogen-bond acceptors (Lipinski definition) is 5. The highest BCUT2D eigenvalue weighted by molar-refractivity contribution is 6.09. The van der Waals surface area contributed by atoms with E-state index in [0.29, 0.717) is 17.5 Å². The van der Waals surface area contributed by atoms with Crippen LogP contribution >= 0.6 is 0 Å². The zero-order valence-corrected chi connectivity index (χ0v) is 20.6. The zero-order valence-electron chi connectivity index (χ0n) is 20.6. The van der Waals surface area contributed by atoms with E-state index in [9.17, 15) is 4.79 Å². The van der Waals surface area contributed by atoms with Crippen LogP contribution in [0.5, 0.6) is 0 Å². The third kappa shape index (κ3) is 5.63. The van der Waals surface area contributed by atoms with Gasteiger partial charge in [0.1, 0.15) is 0 Å². The first-order valence-corrected chi connectivity index (χ1v) is 11.6. The smallest absolute Gasteiger partial charge is 0.252 e. The van der Waals surface area contributed by atoms with Crippen molar-refractivity contribution in [3.05, 3.63) is 70.4 Å². The van der Waals surface area contributed by atoms with Crippen LogP contribution in [0.25, 0.3) is 5.57 Å². The van der Waals surface area contributed by atoms with Gasteiger partial charge in [0, 0.05) is 55.4 Å². The molecule has 0 spiro atoms. The Morgan fingerprint density at radius 1 is 1.15 bits per heavy atom. The van der Waals surface area contributed by atoms with E-state index in [-0.39, 0.29) is 11.9 Å². The minimum Gasteiger partial charge on any atom is -0.404 e. The van der Waals surface area contributed by atoms with Gasteiger partial charge in [-0.2, -0.15) is 0 Å². The lowest BCUT2D eigenvalue weighted by molar-refractivity contribution is 0.0939. The number of carbonyl (C=O) groups excluding carboxylic acids is 1. The number of hydrogen-bond donors (Lipinski definition) is 3. The third-order valence-corrected chi connectivity index (χ3v) is 6.39. The summed E-state index contributed by atoms with van der Waals surface area (Å²) in [6.45, 7) is 10.2. The van der Waals surface area contributed by atoms with Crippen molar-refractivity contribution >= 4 is 23.4 Å². The number of carbonyl (C=O) groups is 1. The second-order valence-corrected chi connectivity index (χ2v) is 9.14. The van der Waals surface area contributed by atoms with E-state index in [0.717, 1.165) is 41.0 Å². The number of benzene rings is 2. The summed E-state index contributed by atoms with van der Waals surface area (Å²) in [4.78, 5) is 19.7. The molecule has 1 heterocycles. The molecule has 0 aromatic heterocycles. The Kier molecular flexibility index (Phi) is 7.92. The predicted molar refractivity (Wildman–Crippen MR) is 139 cm³/mol. The van der Waals surface area contributed by atoms with E-state index in [1.807, 2.05) is 33.0 Å². The molecular formula is C27H37N5O. The molecule has 3 rings (SSSR count). The topological polar surface area (TPSA) is 82.7 Å². The van der Waals surface area contributed by atoms with Crippen LogP contribution in [0.1, 0.15) is 65.3 Å². The summed E-state index contributed by atoms with van der Waals surface area (Å²) < 4.78 is 0. The third-order valence-electron chi connectivity index (χ3n) is 6.39. The summed E-state index contributed by atoms with van der Waals surface area (Å²) in [5, 5.41) is 6.49. The second-order valence-electron chi connectivity index (χ2n) is 9.14. The van der Waals surface area contributed by atoms with Gasteiger partial charge in [-0.05, 0) is 67.3 Å². The van der Waals surface area contributed by atoms with E-state index >= 15 is 0 Å². The van der Waals surface area contributed by atoms with Gasteiger partial charge in [0.25, 0.3) is 5.91 Å². The highest BCUT2D eigenvalue weighted by Gasteiger charge is 2.26. The van der Waals surface area contributed by atoms with Gasteiger partial charge in [-0.25, -0.2) is 0 Å². The predicted octanol–water partition coefficient (Wildman–Crippen LogP) is 4.02. The number of nitrogens with one attached hydrogen (secondary N) is 2. The summed E-state index contributed by atoms with van der Waals surface area (Å²) >= 11 is 0. The Morgan fingerprint density at radius 2 is 1.85 bits per heavy atom. The molecule has 0 radical (unpaired) electrons. The number of likely N-dealkylation sites (N-methyl/N-ethyl adjacent to an activating group) is 1. The van der Waals surface area contributed by atoms with Gasteiger partial charge >= 0.3 is 0 Å². The molecule has 0 saturated carbocycles. The van der Waals surface area contributed by atoms with Crippen LogP contribution in [-0.2, 0) is 0 Å². The van der Waals surface area contributed by atoms with E-state index < -0.39 is 0 Å². The summed E-state index contributed by atoms with van der Waals surface area (Å²) in [6, 6.07) is 12.9. The van der Waals surface area contributed by atoms with E-state index in [1.165, 1.54) is 5.56 Å². The minimum atomic E-state index is -0.159. The first kappa shape index (κ1) is 24.5. The zero-order chi connectivity index (χ0) is 24.1. The molecule has 176 valence electrons. The lowest BCUT2D eigenvalue weighted by Gasteiger charge is -2.41. The number of nitrogens with two attached hydrogens (primary N) is 1. The van der Waals surface area contributed by atoms with Crippen molar-refractivity contribution in [3.8, 4) is 0 Å². The molecule has 6 heteroatoms. The van der Waals surface area contributed by atoms with Crippen molar-refractivity contribution in [1.29, 1.82) is 0 Å². The minimum absolute atomic E-state index is 0.0613. The van der Waals surface area contributed by atoms with Crippen LogP contribution in [0.3, 0.4) is 0 Å². The Morgan fingerprint density at radius 3 is 2.45 bits per heavy atom. The van der Waals surface area contributed by atoms with Crippen LogP contribution in [0.2, 0.25) is 0 Å². The largest absolute Gasteiger partial charge is 0.404 e. The van der Waals surface area contributed by atoms with Crippen LogP contribution < -0.4 is 21.3 Å². The first-order valence-electron chi connectivity index (χ1n) is 11.6. The SMILES string of the molecule is CN=C/C(=C\N)c1cc(C(C)C)cc([C@@H](C)NC(=O)c2cc(N3CC(NC)C3)ccc2C)c1. The normalized spacial score (nSPS) is 15.7. The van der Waals surface area contributed by atoms with Crippen molar-refractivity contribution in [1.82, 2.24) is 10.6 Å². The Labute approximate surface area is 198 Å². The molecule has 1 amide bonds. The molecule has 0 aliphatic carbocycles. The maximum atomic E-state index is 13.3. The highest BCUT2D eigenvalue weighted by atomic mass is 16.1. The molecule has 6 nitrogen and oxygen atoms in total. The molecular weight excluding hydrogens is 410 g/mol. The average molecular weight is 448 g/mol. The number of allylic oxidation sites excluding steroid dienone is 1. The molecule has 1 atom stereocenters. The molecule has 1 aliphatic rings. The fraction of sp³-hybridized carbons (Fsp3) is 0.407. The Bertz CT molecular complexity index is 1050. The number of amides is 1. The van der Waals surface area contributed by atoms with Gasteiger partial charge in [-0.15, -0.1) is 0 Å². The fourth-order valence-electron chi connectivity index (χ4n) is 4.06. The van der Waals surface area contributed by atoms with E-state index in [2.05, 4.69) is 58.6 Å². The van der Waals surface area contributed by atoms with Crippen molar-refractivity contribution in [2.24, 2.45) is 10.7 Å². The average Bonchev–Trinajstić information content (AvgIpc) is 2.77. The van der Waals surface area contributed by atoms with Gasteiger partial charge < -0.3 is 21.3 Å². The molecule has 1 saturated heterocycles. The Balaban J connectivity index is 1.84. The summed E-state index contributed by atoms with van der Waals surface area (Å²) in [5.74, 6) is 0.287. The van der Waals surface area contributed by atoms with Crippen molar-refractivity contribution < 1.29 is 4.79 Å². The van der Waals surface area contributed by atoms with Crippen LogP contribution in [0.4, 0.5) is 5.69 Å². The van der Waals surface area contributed by atoms with Gasteiger partial charge in [-0.1, -0.05) is 32.0 Å². The van der Waals surface area contributed by atoms with Gasteiger partial charge in [0.15, 0.2) is 0 Å².